The molecule has 1 N–H and O–H groups in total. The Morgan fingerprint density at radius 2 is 1.75 bits per heavy atom. The Balaban J connectivity index is 0.00000176. The van der Waals surface area contributed by atoms with Crippen molar-refractivity contribution in [3.8, 4) is 0 Å². The molecule has 0 aromatic rings. The first-order valence-corrected chi connectivity index (χ1v) is 13.3. The van der Waals surface area contributed by atoms with Crippen molar-refractivity contribution in [2.24, 2.45) is 34.5 Å². The third kappa shape index (κ3) is 4.53. The summed E-state index contributed by atoms with van der Waals surface area (Å²) in [7, 11) is 2.02. The number of carbonyl (C=O) groups excluding carboxylic acids is 2. The van der Waals surface area contributed by atoms with E-state index in [0.29, 0.717) is 30.1 Å². The predicted octanol–water partition coefficient (Wildman–Crippen LogP) is 6.21. The third-order valence-corrected chi connectivity index (χ3v) is 9.18. The molecule has 0 spiro atoms. The van der Waals surface area contributed by atoms with Crippen molar-refractivity contribution < 1.29 is 9.59 Å². The maximum atomic E-state index is 13.7. The molecule has 3 aliphatic rings. The predicted molar refractivity (Wildman–Crippen MR) is 134 cm³/mol. The molecule has 3 rings (SSSR count). The highest BCUT2D eigenvalue weighted by atomic mass is 16.2. The van der Waals surface area contributed by atoms with E-state index in [-0.39, 0.29) is 28.8 Å². The van der Waals surface area contributed by atoms with Crippen LogP contribution >= 0.6 is 0 Å². The molecule has 6 atom stereocenters. The SMILES string of the molecule is CC.CNC1=CCC2C(CCC3(C)C(C(=O)N(C(C)C)C(C)C)CCC23)C1(C)CCC=O. The molecule has 2 saturated carbocycles. The van der Waals surface area contributed by atoms with Gasteiger partial charge in [-0.3, -0.25) is 4.79 Å². The maximum Gasteiger partial charge on any atom is 0.226 e. The summed E-state index contributed by atoms with van der Waals surface area (Å²) >= 11 is 0. The van der Waals surface area contributed by atoms with Crippen LogP contribution in [0.5, 0.6) is 0 Å². The normalized spacial score (nSPS) is 35.9. The highest BCUT2D eigenvalue weighted by molar-refractivity contribution is 5.80. The smallest absolute Gasteiger partial charge is 0.226 e. The quantitative estimate of drug-likeness (QED) is 0.473. The zero-order valence-electron chi connectivity index (χ0n) is 22.3. The van der Waals surface area contributed by atoms with Gasteiger partial charge in [0.05, 0.1) is 0 Å². The first kappa shape index (κ1) is 26.9. The molecule has 1 amide bonds. The first-order valence-electron chi connectivity index (χ1n) is 13.3. The van der Waals surface area contributed by atoms with Gasteiger partial charge in [0.1, 0.15) is 6.29 Å². The summed E-state index contributed by atoms with van der Waals surface area (Å²) in [6, 6.07) is 0.498. The number of allylic oxidation sites excluding steroid dienone is 2. The van der Waals surface area contributed by atoms with Crippen LogP contribution in [-0.2, 0) is 9.59 Å². The van der Waals surface area contributed by atoms with E-state index in [1.165, 1.54) is 18.5 Å². The van der Waals surface area contributed by atoms with Crippen LogP contribution in [0.25, 0.3) is 0 Å². The summed E-state index contributed by atoms with van der Waals surface area (Å²) in [6.07, 6.45) is 10.6. The third-order valence-electron chi connectivity index (χ3n) is 9.18. The minimum atomic E-state index is 0.0455. The van der Waals surface area contributed by atoms with Gasteiger partial charge in [-0.15, -0.1) is 0 Å². The molecular formula is C28H50N2O2. The molecule has 3 aliphatic carbocycles. The fraction of sp³-hybridized carbons (Fsp3) is 0.857. The summed E-state index contributed by atoms with van der Waals surface area (Å²) < 4.78 is 0. The van der Waals surface area contributed by atoms with E-state index in [0.717, 1.165) is 32.0 Å². The number of amides is 1. The lowest BCUT2D eigenvalue weighted by Gasteiger charge is -2.56. The second-order valence-corrected chi connectivity index (χ2v) is 11.2. The number of hydrogen-bond acceptors (Lipinski definition) is 3. The van der Waals surface area contributed by atoms with E-state index in [9.17, 15) is 9.59 Å². The van der Waals surface area contributed by atoms with E-state index in [2.05, 4.69) is 57.8 Å². The monoisotopic (exact) mass is 446 g/mol. The van der Waals surface area contributed by atoms with E-state index < -0.39 is 0 Å². The fourth-order valence-corrected chi connectivity index (χ4v) is 7.85. The summed E-state index contributed by atoms with van der Waals surface area (Å²) in [4.78, 5) is 27.0. The zero-order chi connectivity index (χ0) is 24.3. The Morgan fingerprint density at radius 3 is 2.28 bits per heavy atom. The zero-order valence-corrected chi connectivity index (χ0v) is 22.3. The second-order valence-electron chi connectivity index (χ2n) is 11.2. The molecule has 2 fully saturated rings. The molecule has 184 valence electrons. The van der Waals surface area contributed by atoms with Crippen molar-refractivity contribution in [2.45, 2.75) is 112 Å². The van der Waals surface area contributed by atoms with Gasteiger partial charge in [0, 0.05) is 42.6 Å². The van der Waals surface area contributed by atoms with Crippen LogP contribution in [-0.4, -0.2) is 36.2 Å². The molecule has 0 aromatic carbocycles. The van der Waals surface area contributed by atoms with Crippen LogP contribution in [0.4, 0.5) is 0 Å². The Kier molecular flexibility index (Phi) is 9.04. The van der Waals surface area contributed by atoms with Crippen LogP contribution in [0, 0.1) is 34.5 Å². The van der Waals surface area contributed by atoms with Gasteiger partial charge < -0.3 is 15.0 Å². The van der Waals surface area contributed by atoms with Crippen LogP contribution < -0.4 is 5.32 Å². The minimum absolute atomic E-state index is 0.0455. The fourth-order valence-electron chi connectivity index (χ4n) is 7.85. The number of nitrogens with one attached hydrogen (secondary N) is 1. The molecule has 6 unspecified atom stereocenters. The lowest BCUT2D eigenvalue weighted by atomic mass is 9.49. The van der Waals surface area contributed by atoms with Crippen molar-refractivity contribution in [1.82, 2.24) is 10.2 Å². The molecule has 32 heavy (non-hydrogen) atoms. The number of fused-ring (bicyclic) bond motifs is 3. The molecule has 4 nitrogen and oxygen atoms in total. The van der Waals surface area contributed by atoms with Crippen molar-refractivity contribution in [1.29, 1.82) is 0 Å². The largest absolute Gasteiger partial charge is 0.391 e. The topological polar surface area (TPSA) is 49.4 Å². The van der Waals surface area contributed by atoms with Gasteiger partial charge in [0.2, 0.25) is 5.91 Å². The average molecular weight is 447 g/mol. The van der Waals surface area contributed by atoms with Crippen molar-refractivity contribution in [3.63, 3.8) is 0 Å². The molecule has 0 saturated heterocycles. The summed E-state index contributed by atoms with van der Waals surface area (Å²) in [5, 5.41) is 3.46. The number of hydrogen-bond donors (Lipinski definition) is 1. The van der Waals surface area contributed by atoms with Crippen molar-refractivity contribution >= 4 is 12.2 Å². The van der Waals surface area contributed by atoms with Gasteiger partial charge in [-0.2, -0.15) is 0 Å². The van der Waals surface area contributed by atoms with Gasteiger partial charge >= 0.3 is 0 Å². The van der Waals surface area contributed by atoms with E-state index in [1.807, 2.05) is 20.9 Å². The Morgan fingerprint density at radius 1 is 1.12 bits per heavy atom. The molecule has 4 heteroatoms. The first-order chi connectivity index (χ1) is 15.1. The standard InChI is InChI=1S/C26H44N2O2.C2H6/c1-17(2)28(18(3)4)24(30)22-11-10-20-19-9-12-23(27-7)26(6,14-8-16-29)21(19)13-15-25(20,22)5;1-2/h12,16-22,27H,8-11,13-15H2,1-7H3;1-2H3. The van der Waals surface area contributed by atoms with Gasteiger partial charge in [-0.25, -0.2) is 0 Å². The van der Waals surface area contributed by atoms with Crippen LogP contribution in [0.15, 0.2) is 11.8 Å². The Labute approximate surface area is 198 Å². The van der Waals surface area contributed by atoms with Crippen LogP contribution in [0.2, 0.25) is 0 Å². The summed E-state index contributed by atoms with van der Waals surface area (Å²) in [5.41, 5.74) is 1.48. The number of carbonyl (C=O) groups is 2. The van der Waals surface area contributed by atoms with Crippen LogP contribution in [0.3, 0.4) is 0 Å². The molecule has 0 radical (unpaired) electrons. The van der Waals surface area contributed by atoms with Gasteiger partial charge in [0.25, 0.3) is 0 Å². The molecule has 0 bridgehead atoms. The molecule has 0 aromatic heterocycles. The highest BCUT2D eigenvalue weighted by Gasteiger charge is 2.60. The Bertz CT molecular complexity index is 677. The maximum absolute atomic E-state index is 13.7. The number of aldehydes is 1. The van der Waals surface area contributed by atoms with E-state index in [4.69, 9.17) is 0 Å². The lowest BCUT2D eigenvalue weighted by molar-refractivity contribution is -0.146. The number of nitrogens with zero attached hydrogens (tertiary/aromatic N) is 1. The average Bonchev–Trinajstić information content (AvgIpc) is 3.10. The van der Waals surface area contributed by atoms with Gasteiger partial charge in [0.15, 0.2) is 0 Å². The summed E-state index contributed by atoms with van der Waals surface area (Å²) in [6.45, 7) is 17.4. The van der Waals surface area contributed by atoms with Gasteiger partial charge in [-0.05, 0) is 89.4 Å². The Hall–Kier alpha value is -1.32. The van der Waals surface area contributed by atoms with Crippen molar-refractivity contribution in [3.05, 3.63) is 11.8 Å². The minimum Gasteiger partial charge on any atom is -0.391 e. The second kappa shape index (κ2) is 10.7. The van der Waals surface area contributed by atoms with Crippen molar-refractivity contribution in [2.75, 3.05) is 7.05 Å². The van der Waals surface area contributed by atoms with E-state index in [1.54, 1.807) is 0 Å². The lowest BCUT2D eigenvalue weighted by Crippen LogP contribution is -2.53. The summed E-state index contributed by atoms with van der Waals surface area (Å²) in [5.74, 6) is 2.38. The van der Waals surface area contributed by atoms with Crippen LogP contribution in [0.1, 0.15) is 100 Å². The molecule has 0 heterocycles. The number of rotatable bonds is 7. The molecular weight excluding hydrogens is 396 g/mol. The van der Waals surface area contributed by atoms with E-state index >= 15 is 0 Å². The highest BCUT2D eigenvalue weighted by Crippen LogP contribution is 2.65. The van der Waals surface area contributed by atoms with Gasteiger partial charge in [-0.1, -0.05) is 33.8 Å². The molecule has 0 aliphatic heterocycles.